The maximum absolute atomic E-state index is 14.0. The predicted octanol–water partition coefficient (Wildman–Crippen LogP) is 2.86. The third-order valence-electron chi connectivity index (χ3n) is 5.59. The van der Waals surface area contributed by atoms with E-state index in [0.717, 1.165) is 50.3 Å². The molecule has 1 aromatic heterocycles. The average molecular weight is 374 g/mol. The molecule has 0 saturated carbocycles. The fraction of sp³-hybridized carbons (Fsp3) is 0.600. The molecule has 7 heteroatoms. The first-order valence-electron chi connectivity index (χ1n) is 9.82. The molecule has 2 saturated heterocycles. The first kappa shape index (κ1) is 18.4. The normalized spacial score (nSPS) is 19.1. The van der Waals surface area contributed by atoms with E-state index in [1.54, 1.807) is 6.07 Å². The van der Waals surface area contributed by atoms with Crippen LogP contribution in [0.1, 0.15) is 25.7 Å². The van der Waals surface area contributed by atoms with Crippen molar-refractivity contribution in [3.05, 3.63) is 24.3 Å². The van der Waals surface area contributed by atoms with Crippen molar-refractivity contribution in [3.63, 3.8) is 0 Å². The zero-order valence-electron chi connectivity index (χ0n) is 15.9. The van der Waals surface area contributed by atoms with Gasteiger partial charge in [0.15, 0.2) is 11.6 Å². The summed E-state index contributed by atoms with van der Waals surface area (Å²) in [4.78, 5) is 13.4. The van der Waals surface area contributed by atoms with Gasteiger partial charge in [0.25, 0.3) is 0 Å². The molecule has 2 aliphatic heterocycles. The second-order valence-corrected chi connectivity index (χ2v) is 7.31. The smallest absolute Gasteiger partial charge is 0.167 e. The molecule has 0 amide bonds. The molecule has 0 unspecified atom stereocenters. The Hall–Kier alpha value is -1.99. The quantitative estimate of drug-likeness (QED) is 0.775. The standard InChI is InChI=1S/C20H27FN4O2/c1-26-19-12-16-18(13-17(19)21)22-14-23-20(16)25-8-4-15(5-9-25)27-11-10-24-6-2-3-7-24/h12-15H,2-11H2,1H3. The maximum atomic E-state index is 14.0. The van der Waals surface area contributed by atoms with E-state index >= 15 is 0 Å². The topological polar surface area (TPSA) is 50.7 Å². The van der Waals surface area contributed by atoms with E-state index in [0.29, 0.717) is 11.6 Å². The van der Waals surface area contributed by atoms with Gasteiger partial charge in [-0.15, -0.1) is 0 Å². The van der Waals surface area contributed by atoms with Crippen LogP contribution in [-0.4, -0.2) is 67.4 Å². The van der Waals surface area contributed by atoms with Crippen molar-refractivity contribution < 1.29 is 13.9 Å². The van der Waals surface area contributed by atoms with Crippen LogP contribution in [-0.2, 0) is 4.74 Å². The van der Waals surface area contributed by atoms with E-state index in [-0.39, 0.29) is 5.75 Å². The summed E-state index contributed by atoms with van der Waals surface area (Å²) in [5.41, 5.74) is 0.599. The number of anilines is 1. The third kappa shape index (κ3) is 4.14. The molecular formula is C20H27FN4O2. The number of nitrogens with zero attached hydrogens (tertiary/aromatic N) is 4. The van der Waals surface area contributed by atoms with Gasteiger partial charge in [0, 0.05) is 31.1 Å². The number of halogens is 1. The number of piperidine rings is 1. The number of fused-ring (bicyclic) bond motifs is 1. The van der Waals surface area contributed by atoms with Crippen molar-refractivity contribution in [1.29, 1.82) is 0 Å². The zero-order valence-corrected chi connectivity index (χ0v) is 15.9. The van der Waals surface area contributed by atoms with Gasteiger partial charge in [-0.05, 0) is 44.8 Å². The van der Waals surface area contributed by atoms with Crippen molar-refractivity contribution in [3.8, 4) is 5.75 Å². The predicted molar refractivity (Wildman–Crippen MR) is 103 cm³/mol. The number of benzene rings is 1. The minimum atomic E-state index is -0.403. The van der Waals surface area contributed by atoms with Crippen LogP contribution < -0.4 is 9.64 Å². The van der Waals surface area contributed by atoms with Crippen LogP contribution in [0.15, 0.2) is 18.5 Å². The molecule has 0 spiro atoms. The minimum Gasteiger partial charge on any atom is -0.494 e. The van der Waals surface area contributed by atoms with Crippen molar-refractivity contribution in [2.24, 2.45) is 0 Å². The van der Waals surface area contributed by atoms with Gasteiger partial charge in [-0.2, -0.15) is 0 Å². The van der Waals surface area contributed by atoms with Crippen LogP contribution in [0.25, 0.3) is 10.9 Å². The molecule has 6 nitrogen and oxygen atoms in total. The lowest BCUT2D eigenvalue weighted by Gasteiger charge is -2.33. The van der Waals surface area contributed by atoms with Crippen LogP contribution in [0, 0.1) is 5.82 Å². The Morgan fingerprint density at radius 1 is 1.11 bits per heavy atom. The molecule has 3 heterocycles. The van der Waals surface area contributed by atoms with Gasteiger partial charge in [-0.3, -0.25) is 0 Å². The number of hydrogen-bond donors (Lipinski definition) is 0. The van der Waals surface area contributed by atoms with Gasteiger partial charge < -0.3 is 19.3 Å². The van der Waals surface area contributed by atoms with Gasteiger partial charge in [0.05, 0.1) is 25.3 Å². The van der Waals surface area contributed by atoms with Crippen LogP contribution in [0.2, 0.25) is 0 Å². The molecule has 0 N–H and O–H groups in total. The lowest BCUT2D eigenvalue weighted by atomic mass is 10.1. The minimum absolute atomic E-state index is 0.221. The maximum Gasteiger partial charge on any atom is 0.167 e. The first-order chi connectivity index (χ1) is 13.2. The molecule has 2 fully saturated rings. The molecule has 2 aromatic rings. The Labute approximate surface area is 159 Å². The fourth-order valence-corrected chi connectivity index (χ4v) is 4.04. The molecule has 1 aromatic carbocycles. The highest BCUT2D eigenvalue weighted by atomic mass is 19.1. The number of likely N-dealkylation sites (tertiary alicyclic amines) is 1. The van der Waals surface area contributed by atoms with E-state index in [1.807, 2.05) is 0 Å². The molecule has 146 valence electrons. The summed E-state index contributed by atoms with van der Waals surface area (Å²) < 4.78 is 25.2. The molecule has 27 heavy (non-hydrogen) atoms. The number of ether oxygens (including phenoxy) is 2. The van der Waals surface area contributed by atoms with Crippen molar-refractivity contribution in [2.75, 3.05) is 51.3 Å². The van der Waals surface area contributed by atoms with E-state index < -0.39 is 5.82 Å². The average Bonchev–Trinajstić information content (AvgIpc) is 3.21. The number of rotatable bonds is 6. The lowest BCUT2D eigenvalue weighted by molar-refractivity contribution is 0.0265. The van der Waals surface area contributed by atoms with E-state index in [9.17, 15) is 4.39 Å². The van der Waals surface area contributed by atoms with E-state index in [2.05, 4.69) is 19.8 Å². The second kappa shape index (κ2) is 8.35. The first-order valence-corrected chi connectivity index (χ1v) is 9.82. The van der Waals surface area contributed by atoms with E-state index in [1.165, 1.54) is 45.4 Å². The molecule has 0 atom stereocenters. The Kier molecular flexibility index (Phi) is 5.69. The van der Waals surface area contributed by atoms with Gasteiger partial charge in [-0.25, -0.2) is 14.4 Å². The highest BCUT2D eigenvalue weighted by Gasteiger charge is 2.23. The highest BCUT2D eigenvalue weighted by Crippen LogP contribution is 2.30. The van der Waals surface area contributed by atoms with Gasteiger partial charge in [-0.1, -0.05) is 0 Å². The largest absolute Gasteiger partial charge is 0.494 e. The summed E-state index contributed by atoms with van der Waals surface area (Å²) in [7, 11) is 1.47. The Morgan fingerprint density at radius 2 is 1.89 bits per heavy atom. The highest BCUT2D eigenvalue weighted by molar-refractivity contribution is 5.90. The SMILES string of the molecule is COc1cc2c(N3CCC(OCCN4CCCC4)CC3)ncnc2cc1F. The van der Waals surface area contributed by atoms with Crippen LogP contribution in [0.3, 0.4) is 0 Å². The van der Waals surface area contributed by atoms with Crippen molar-refractivity contribution in [1.82, 2.24) is 14.9 Å². The van der Waals surface area contributed by atoms with Gasteiger partial charge in [0.2, 0.25) is 0 Å². The molecule has 0 aliphatic carbocycles. The third-order valence-corrected chi connectivity index (χ3v) is 5.59. The zero-order chi connectivity index (χ0) is 18.6. The summed E-state index contributed by atoms with van der Waals surface area (Å²) >= 11 is 0. The molecule has 0 bridgehead atoms. The van der Waals surface area contributed by atoms with Crippen LogP contribution >= 0.6 is 0 Å². The van der Waals surface area contributed by atoms with Crippen LogP contribution in [0.5, 0.6) is 5.75 Å². The van der Waals surface area contributed by atoms with Gasteiger partial charge in [0.1, 0.15) is 12.1 Å². The Balaban J connectivity index is 1.37. The summed E-state index contributed by atoms with van der Waals surface area (Å²) in [5, 5.41) is 0.823. The number of hydrogen-bond acceptors (Lipinski definition) is 6. The summed E-state index contributed by atoms with van der Waals surface area (Å²) in [6.45, 7) is 6.04. The van der Waals surface area contributed by atoms with Crippen LogP contribution in [0.4, 0.5) is 10.2 Å². The summed E-state index contributed by atoms with van der Waals surface area (Å²) in [5.74, 6) is 0.659. The lowest BCUT2D eigenvalue weighted by Crippen LogP contribution is -2.38. The van der Waals surface area contributed by atoms with Crippen molar-refractivity contribution >= 4 is 16.7 Å². The van der Waals surface area contributed by atoms with E-state index in [4.69, 9.17) is 9.47 Å². The summed E-state index contributed by atoms with van der Waals surface area (Å²) in [6.07, 6.45) is 6.40. The molecule has 4 rings (SSSR count). The van der Waals surface area contributed by atoms with Crippen molar-refractivity contribution in [2.45, 2.75) is 31.8 Å². The molecular weight excluding hydrogens is 347 g/mol. The number of methoxy groups -OCH3 is 1. The molecule has 2 aliphatic rings. The Bertz CT molecular complexity index is 774. The fourth-order valence-electron chi connectivity index (χ4n) is 4.04. The Morgan fingerprint density at radius 3 is 2.63 bits per heavy atom. The molecule has 0 radical (unpaired) electrons. The summed E-state index contributed by atoms with van der Waals surface area (Å²) in [6, 6.07) is 3.10. The monoisotopic (exact) mass is 374 g/mol. The van der Waals surface area contributed by atoms with Gasteiger partial charge >= 0.3 is 0 Å². The number of aromatic nitrogens is 2. The second-order valence-electron chi connectivity index (χ2n) is 7.31.